The molecule has 0 aliphatic heterocycles. The van der Waals surface area contributed by atoms with Gasteiger partial charge in [0.2, 0.25) is 0 Å². The Balaban J connectivity index is 3.11. The van der Waals surface area contributed by atoms with Crippen LogP contribution in [-0.2, 0) is 9.53 Å². The average molecular weight is 203 g/mol. The fourth-order valence-electron chi connectivity index (χ4n) is 0.912. The van der Waals surface area contributed by atoms with Gasteiger partial charge in [-0.15, -0.1) is 0 Å². The minimum absolute atomic E-state index is 0.699. The maximum atomic E-state index is 12.9. The van der Waals surface area contributed by atoms with Crippen LogP contribution in [0, 0.1) is 11.6 Å². The molecule has 1 unspecified atom stereocenters. The Morgan fingerprint density at radius 2 is 2.00 bits per heavy atom. The summed E-state index contributed by atoms with van der Waals surface area (Å²) in [6, 6.07) is 0. The Morgan fingerprint density at radius 3 is 2.43 bits per heavy atom. The van der Waals surface area contributed by atoms with Crippen LogP contribution in [0.25, 0.3) is 0 Å². The van der Waals surface area contributed by atoms with Crippen LogP contribution in [0.5, 0.6) is 0 Å². The number of esters is 1. The minimum atomic E-state index is -1.97. The van der Waals surface area contributed by atoms with E-state index in [0.717, 1.165) is 7.11 Å². The monoisotopic (exact) mass is 203 g/mol. The average Bonchev–Trinajstić information content (AvgIpc) is 2.16. The van der Waals surface area contributed by atoms with Crippen molar-refractivity contribution in [2.24, 2.45) is 0 Å². The van der Waals surface area contributed by atoms with Crippen molar-refractivity contribution in [1.29, 1.82) is 0 Å². The van der Waals surface area contributed by atoms with Crippen LogP contribution in [0.1, 0.15) is 11.7 Å². The van der Waals surface area contributed by atoms with E-state index in [2.05, 4.69) is 9.72 Å². The molecule has 0 fully saturated rings. The van der Waals surface area contributed by atoms with Gasteiger partial charge in [-0.25, -0.2) is 13.6 Å². The predicted molar refractivity (Wildman–Crippen MR) is 41.1 cm³/mol. The van der Waals surface area contributed by atoms with Gasteiger partial charge in [0, 0.05) is 0 Å². The molecule has 0 aromatic carbocycles. The molecule has 1 aromatic heterocycles. The number of hydrogen-bond donors (Lipinski definition) is 1. The third-order valence-electron chi connectivity index (χ3n) is 1.59. The van der Waals surface area contributed by atoms with Crippen molar-refractivity contribution < 1.29 is 23.4 Å². The van der Waals surface area contributed by atoms with Gasteiger partial charge in [0.15, 0.2) is 17.7 Å². The molecule has 0 radical (unpaired) electrons. The molecule has 0 aliphatic rings. The number of ether oxygens (including phenoxy) is 1. The van der Waals surface area contributed by atoms with E-state index < -0.39 is 29.3 Å². The molecule has 1 rings (SSSR count). The number of hydrogen-bond acceptors (Lipinski definition) is 4. The Bertz CT molecular complexity index is 336. The second kappa shape index (κ2) is 4.10. The second-order valence-electron chi connectivity index (χ2n) is 2.44. The number of aliphatic hydroxyl groups excluding tert-OH is 1. The summed E-state index contributed by atoms with van der Waals surface area (Å²) in [5.41, 5.74) is -0.758. The third-order valence-corrected chi connectivity index (χ3v) is 1.59. The van der Waals surface area contributed by atoms with Crippen molar-refractivity contribution in [2.45, 2.75) is 6.10 Å². The highest BCUT2D eigenvalue weighted by molar-refractivity contribution is 5.76. The van der Waals surface area contributed by atoms with E-state index in [1.165, 1.54) is 0 Å². The van der Waals surface area contributed by atoms with Crippen LogP contribution in [-0.4, -0.2) is 23.2 Å². The molecule has 6 heteroatoms. The lowest BCUT2D eigenvalue weighted by Crippen LogP contribution is -2.16. The number of carbonyl (C=O) groups is 1. The number of nitrogens with zero attached hydrogens (tertiary/aromatic N) is 1. The first kappa shape index (κ1) is 10.5. The Morgan fingerprint density at radius 1 is 1.50 bits per heavy atom. The molecule has 0 spiro atoms. The van der Waals surface area contributed by atoms with Crippen LogP contribution in [0.4, 0.5) is 8.78 Å². The fourth-order valence-corrected chi connectivity index (χ4v) is 0.912. The van der Waals surface area contributed by atoms with Gasteiger partial charge in [0.05, 0.1) is 25.1 Å². The highest BCUT2D eigenvalue weighted by atomic mass is 19.1. The zero-order valence-electron chi connectivity index (χ0n) is 7.20. The van der Waals surface area contributed by atoms with Crippen molar-refractivity contribution in [1.82, 2.24) is 4.98 Å². The second-order valence-corrected chi connectivity index (χ2v) is 2.44. The molecular weight excluding hydrogens is 196 g/mol. The SMILES string of the molecule is COC(=O)C(O)c1c(F)cncc1F. The van der Waals surface area contributed by atoms with Crippen LogP contribution < -0.4 is 0 Å². The van der Waals surface area contributed by atoms with E-state index in [1.807, 2.05) is 0 Å². The zero-order chi connectivity index (χ0) is 10.7. The molecule has 1 heterocycles. The number of carbonyl (C=O) groups excluding carboxylic acids is 1. The summed E-state index contributed by atoms with van der Waals surface area (Å²) in [6.07, 6.45) is -0.571. The summed E-state index contributed by atoms with van der Waals surface area (Å²) in [4.78, 5) is 14.0. The molecule has 0 aliphatic carbocycles. The first-order valence-electron chi connectivity index (χ1n) is 3.62. The highest BCUT2D eigenvalue weighted by Gasteiger charge is 2.25. The van der Waals surface area contributed by atoms with E-state index in [4.69, 9.17) is 5.11 Å². The van der Waals surface area contributed by atoms with E-state index in [1.54, 1.807) is 0 Å². The van der Waals surface area contributed by atoms with Crippen LogP contribution in [0.3, 0.4) is 0 Å². The van der Waals surface area contributed by atoms with Crippen molar-refractivity contribution in [3.8, 4) is 0 Å². The molecule has 4 nitrogen and oxygen atoms in total. The van der Waals surface area contributed by atoms with Crippen molar-refractivity contribution >= 4 is 5.97 Å². The summed E-state index contributed by atoms with van der Waals surface area (Å²) in [5, 5.41) is 9.17. The number of aromatic nitrogens is 1. The zero-order valence-corrected chi connectivity index (χ0v) is 7.20. The highest BCUT2D eigenvalue weighted by Crippen LogP contribution is 2.20. The van der Waals surface area contributed by atoms with Gasteiger partial charge >= 0.3 is 5.97 Å². The van der Waals surface area contributed by atoms with E-state index >= 15 is 0 Å². The molecule has 1 N–H and O–H groups in total. The van der Waals surface area contributed by atoms with E-state index in [-0.39, 0.29) is 0 Å². The van der Waals surface area contributed by atoms with Crippen molar-refractivity contribution in [3.05, 3.63) is 29.6 Å². The molecular formula is C8H7F2NO3. The van der Waals surface area contributed by atoms with Gasteiger partial charge in [0.1, 0.15) is 0 Å². The molecule has 0 saturated carbocycles. The molecule has 0 saturated heterocycles. The van der Waals surface area contributed by atoms with Crippen LogP contribution >= 0.6 is 0 Å². The number of methoxy groups -OCH3 is 1. The molecule has 14 heavy (non-hydrogen) atoms. The molecule has 1 aromatic rings. The topological polar surface area (TPSA) is 59.4 Å². The predicted octanol–water partition coefficient (Wildman–Crippen LogP) is 0.566. The van der Waals surface area contributed by atoms with Gasteiger partial charge in [-0.05, 0) is 0 Å². The number of pyridine rings is 1. The Hall–Kier alpha value is -1.56. The van der Waals surface area contributed by atoms with Gasteiger partial charge in [-0.1, -0.05) is 0 Å². The maximum Gasteiger partial charge on any atom is 0.339 e. The number of aliphatic hydroxyl groups is 1. The number of rotatable bonds is 2. The standard InChI is InChI=1S/C8H7F2NO3/c1-14-8(13)7(12)6-4(9)2-11-3-5(6)10/h2-3,7,12H,1H3. The summed E-state index contributed by atoms with van der Waals surface area (Å²) >= 11 is 0. The summed E-state index contributed by atoms with van der Waals surface area (Å²) in [5.74, 6) is -3.32. The summed E-state index contributed by atoms with van der Waals surface area (Å²) in [6.45, 7) is 0. The first-order valence-corrected chi connectivity index (χ1v) is 3.62. The van der Waals surface area contributed by atoms with Gasteiger partial charge < -0.3 is 9.84 Å². The number of halogens is 2. The molecule has 0 bridgehead atoms. The van der Waals surface area contributed by atoms with Gasteiger partial charge in [-0.3, -0.25) is 4.98 Å². The fraction of sp³-hybridized carbons (Fsp3) is 0.250. The lowest BCUT2D eigenvalue weighted by atomic mass is 10.1. The lowest BCUT2D eigenvalue weighted by Gasteiger charge is -2.09. The largest absolute Gasteiger partial charge is 0.467 e. The first-order chi connectivity index (χ1) is 6.57. The van der Waals surface area contributed by atoms with Gasteiger partial charge in [0.25, 0.3) is 0 Å². The molecule has 76 valence electrons. The minimum Gasteiger partial charge on any atom is -0.467 e. The van der Waals surface area contributed by atoms with E-state index in [0.29, 0.717) is 12.4 Å². The quantitative estimate of drug-likeness (QED) is 0.713. The normalized spacial score (nSPS) is 12.3. The molecule has 0 amide bonds. The summed E-state index contributed by atoms with van der Waals surface area (Å²) in [7, 11) is 1.00. The van der Waals surface area contributed by atoms with Crippen molar-refractivity contribution in [3.63, 3.8) is 0 Å². The van der Waals surface area contributed by atoms with Crippen LogP contribution in [0.15, 0.2) is 12.4 Å². The Labute approximate surface area is 78.1 Å². The Kier molecular flexibility index (Phi) is 3.08. The lowest BCUT2D eigenvalue weighted by molar-refractivity contribution is -0.151. The molecule has 1 atom stereocenters. The van der Waals surface area contributed by atoms with Gasteiger partial charge in [-0.2, -0.15) is 0 Å². The van der Waals surface area contributed by atoms with Crippen LogP contribution in [0.2, 0.25) is 0 Å². The summed E-state index contributed by atoms with van der Waals surface area (Å²) < 4.78 is 30.0. The van der Waals surface area contributed by atoms with Crippen molar-refractivity contribution in [2.75, 3.05) is 7.11 Å². The maximum absolute atomic E-state index is 12.9. The smallest absolute Gasteiger partial charge is 0.339 e. The van der Waals surface area contributed by atoms with E-state index in [9.17, 15) is 13.6 Å². The third kappa shape index (κ3) is 1.85.